The molecule has 1 amide bonds. The monoisotopic (exact) mass is 1050 g/mol. The van der Waals surface area contributed by atoms with E-state index in [0.29, 0.717) is 12.8 Å². The number of aliphatic hydroxyl groups excluding tert-OH is 3. The summed E-state index contributed by atoms with van der Waals surface area (Å²) in [4.78, 5) is 38.7. The van der Waals surface area contributed by atoms with Crippen LogP contribution < -0.4 is 5.32 Å². The van der Waals surface area contributed by atoms with E-state index in [4.69, 9.17) is 18.9 Å². The summed E-state index contributed by atoms with van der Waals surface area (Å²) >= 11 is 0. The summed E-state index contributed by atoms with van der Waals surface area (Å²) in [5.41, 5.74) is 0. The number of carbonyl (C=O) groups excluding carboxylic acids is 3. The van der Waals surface area contributed by atoms with Gasteiger partial charge in [0.15, 0.2) is 12.4 Å². The second kappa shape index (κ2) is 53.2. The van der Waals surface area contributed by atoms with Crippen LogP contribution in [-0.4, -0.2) is 89.7 Å². The summed E-state index contributed by atoms with van der Waals surface area (Å²) in [6.07, 6.45) is 48.7. The summed E-state index contributed by atoms with van der Waals surface area (Å²) in [5.74, 6) is -0.946. The molecule has 1 fully saturated rings. The van der Waals surface area contributed by atoms with Gasteiger partial charge < -0.3 is 39.6 Å². The summed E-state index contributed by atoms with van der Waals surface area (Å²) in [7, 11) is 0. The van der Waals surface area contributed by atoms with Crippen LogP contribution in [0.25, 0.3) is 0 Å². The average Bonchev–Trinajstić information content (AvgIpc) is 3.39. The van der Waals surface area contributed by atoms with E-state index >= 15 is 0 Å². The van der Waals surface area contributed by atoms with E-state index in [1.807, 2.05) is 0 Å². The van der Waals surface area contributed by atoms with Crippen LogP contribution in [0.4, 0.5) is 0 Å². The largest absolute Gasteiger partial charge is 0.462 e. The van der Waals surface area contributed by atoms with E-state index in [0.717, 1.165) is 57.8 Å². The van der Waals surface area contributed by atoms with Crippen molar-refractivity contribution in [2.24, 2.45) is 0 Å². The molecule has 1 aliphatic rings. The number of aliphatic hydroxyl groups is 3. The number of amides is 1. The number of rotatable bonds is 56. The van der Waals surface area contributed by atoms with Crippen LogP contribution in [0.5, 0.6) is 0 Å². The van der Waals surface area contributed by atoms with Gasteiger partial charge in [0.1, 0.15) is 31.0 Å². The minimum absolute atomic E-state index is 0.0724. The van der Waals surface area contributed by atoms with Crippen LogP contribution in [0.15, 0.2) is 0 Å². The van der Waals surface area contributed by atoms with E-state index in [-0.39, 0.29) is 44.5 Å². The topological polar surface area (TPSA) is 161 Å². The van der Waals surface area contributed by atoms with Gasteiger partial charge in [0, 0.05) is 25.8 Å². The molecule has 0 aromatic carbocycles. The SMILES string of the molecule is CCCCCCCCCCCCCCCCCC(=O)NC[C@H]1O[C@H](OC[C@@H](COC(=O)CCCCCCCCCCCCCCCCC)OC(=O)CCCCCCCCCCCCCCCCC)[C@@H](O)[C@@H](O)[C@@H]1O. The van der Waals surface area contributed by atoms with Gasteiger partial charge in [0.2, 0.25) is 5.91 Å². The van der Waals surface area contributed by atoms with Gasteiger partial charge in [-0.1, -0.05) is 290 Å². The van der Waals surface area contributed by atoms with Gasteiger partial charge in [-0.3, -0.25) is 14.4 Å². The first-order valence-electron chi connectivity index (χ1n) is 32.2. The fourth-order valence-corrected chi connectivity index (χ4v) is 10.3. The van der Waals surface area contributed by atoms with E-state index in [9.17, 15) is 29.7 Å². The lowest BCUT2D eigenvalue weighted by atomic mass is 9.98. The first-order valence-corrected chi connectivity index (χ1v) is 32.2. The Morgan fingerprint density at radius 3 is 1.05 bits per heavy atom. The van der Waals surface area contributed by atoms with E-state index in [2.05, 4.69) is 26.1 Å². The molecule has 11 heteroatoms. The molecule has 0 bridgehead atoms. The molecule has 6 atom stereocenters. The van der Waals surface area contributed by atoms with Crippen molar-refractivity contribution in [1.29, 1.82) is 0 Å². The fourth-order valence-electron chi connectivity index (χ4n) is 10.3. The van der Waals surface area contributed by atoms with Gasteiger partial charge >= 0.3 is 11.9 Å². The maximum atomic E-state index is 13.1. The molecule has 0 aromatic rings. The van der Waals surface area contributed by atoms with E-state index in [1.54, 1.807) is 0 Å². The zero-order valence-corrected chi connectivity index (χ0v) is 48.7. The maximum absolute atomic E-state index is 13.1. The lowest BCUT2D eigenvalue weighted by Gasteiger charge is -2.40. The second-order valence-corrected chi connectivity index (χ2v) is 22.5. The predicted octanol–water partition coefficient (Wildman–Crippen LogP) is 16.2. The van der Waals surface area contributed by atoms with Crippen molar-refractivity contribution in [3.05, 3.63) is 0 Å². The van der Waals surface area contributed by atoms with Crippen LogP contribution in [0.1, 0.15) is 329 Å². The van der Waals surface area contributed by atoms with Crippen molar-refractivity contribution in [3.63, 3.8) is 0 Å². The molecule has 1 rings (SSSR count). The van der Waals surface area contributed by atoms with Crippen LogP contribution in [-0.2, 0) is 33.3 Å². The van der Waals surface area contributed by atoms with Crippen LogP contribution in [0.2, 0.25) is 0 Å². The van der Waals surface area contributed by atoms with Gasteiger partial charge in [-0.25, -0.2) is 0 Å². The number of ether oxygens (including phenoxy) is 4. The third-order valence-corrected chi connectivity index (χ3v) is 15.3. The van der Waals surface area contributed by atoms with Crippen molar-refractivity contribution in [2.75, 3.05) is 19.8 Å². The standard InChI is InChI=1S/C63H121NO10/c1-4-7-10-13-16-19-22-25-28-31-34-37-40-43-46-49-57(65)64-52-56-60(68)61(69)62(70)63(74-56)72-54-55(73-59(67)51-48-45-42-39-36-33-30-27-24-21-18-15-12-9-6-3)53-71-58(66)50-47-44-41-38-35-32-29-26-23-20-17-14-11-8-5-2/h55-56,60-63,68-70H,4-54H2,1-3H3,(H,64,65)/t55-,56-,60-,61+,62+,63+/m1/s1. The minimum atomic E-state index is -1.60. The lowest BCUT2D eigenvalue weighted by Crippen LogP contribution is -2.60. The molecule has 0 saturated carbocycles. The molecule has 4 N–H and O–H groups in total. The third-order valence-electron chi connectivity index (χ3n) is 15.3. The summed E-state index contributed by atoms with van der Waals surface area (Å²) in [5, 5.41) is 35.2. The quantitative estimate of drug-likeness (QED) is 0.0341. The molecule has 438 valence electrons. The molecular weight excluding hydrogens is 931 g/mol. The van der Waals surface area contributed by atoms with E-state index in [1.165, 1.54) is 225 Å². The van der Waals surface area contributed by atoms with Crippen molar-refractivity contribution in [1.82, 2.24) is 5.32 Å². The van der Waals surface area contributed by atoms with Crippen LogP contribution >= 0.6 is 0 Å². The lowest BCUT2D eigenvalue weighted by molar-refractivity contribution is -0.299. The molecule has 0 aromatic heterocycles. The van der Waals surface area contributed by atoms with Crippen molar-refractivity contribution in [2.45, 2.75) is 366 Å². The Morgan fingerprint density at radius 1 is 0.392 bits per heavy atom. The normalized spacial score (nSPS) is 18.2. The molecule has 0 spiro atoms. The molecule has 1 heterocycles. The Bertz CT molecular complexity index is 1240. The fraction of sp³-hybridized carbons (Fsp3) is 0.952. The molecule has 1 saturated heterocycles. The molecule has 74 heavy (non-hydrogen) atoms. The van der Waals surface area contributed by atoms with Crippen molar-refractivity contribution < 1.29 is 48.7 Å². The second-order valence-electron chi connectivity index (χ2n) is 22.5. The molecular formula is C63H121NO10. The van der Waals surface area contributed by atoms with Gasteiger partial charge in [0.25, 0.3) is 0 Å². The Labute approximate surface area is 455 Å². The Kier molecular flexibility index (Phi) is 50.5. The highest BCUT2D eigenvalue weighted by molar-refractivity contribution is 5.75. The number of esters is 2. The molecule has 11 nitrogen and oxygen atoms in total. The third kappa shape index (κ3) is 43.2. The van der Waals surface area contributed by atoms with Gasteiger partial charge in [0.05, 0.1) is 6.61 Å². The highest BCUT2D eigenvalue weighted by Crippen LogP contribution is 2.24. The molecule has 1 aliphatic heterocycles. The Balaban J connectivity index is 2.49. The zero-order chi connectivity index (χ0) is 53.8. The summed E-state index contributed by atoms with van der Waals surface area (Å²) < 4.78 is 23.2. The Hall–Kier alpha value is -1.79. The first-order chi connectivity index (χ1) is 36.2. The van der Waals surface area contributed by atoms with Gasteiger partial charge in [-0.15, -0.1) is 0 Å². The van der Waals surface area contributed by atoms with Crippen molar-refractivity contribution >= 4 is 17.8 Å². The highest BCUT2D eigenvalue weighted by atomic mass is 16.7. The van der Waals surface area contributed by atoms with E-state index < -0.39 is 42.8 Å². The molecule has 0 aliphatic carbocycles. The minimum Gasteiger partial charge on any atom is -0.462 e. The van der Waals surface area contributed by atoms with Crippen molar-refractivity contribution in [3.8, 4) is 0 Å². The summed E-state index contributed by atoms with van der Waals surface area (Å²) in [6.45, 7) is 6.23. The first kappa shape index (κ1) is 70.2. The van der Waals surface area contributed by atoms with Gasteiger partial charge in [-0.05, 0) is 19.3 Å². The molecule has 0 unspecified atom stereocenters. The number of hydrogen-bond donors (Lipinski definition) is 4. The van der Waals surface area contributed by atoms with Crippen LogP contribution in [0.3, 0.4) is 0 Å². The number of unbranched alkanes of at least 4 members (excludes halogenated alkanes) is 42. The predicted molar refractivity (Wildman–Crippen MR) is 305 cm³/mol. The smallest absolute Gasteiger partial charge is 0.306 e. The average molecular weight is 1050 g/mol. The number of nitrogens with one attached hydrogen (secondary N) is 1. The Morgan fingerprint density at radius 2 is 0.703 bits per heavy atom. The zero-order valence-electron chi connectivity index (χ0n) is 48.7. The number of hydrogen-bond acceptors (Lipinski definition) is 10. The van der Waals surface area contributed by atoms with Crippen LogP contribution in [0, 0.1) is 0 Å². The summed E-state index contributed by atoms with van der Waals surface area (Å²) in [6, 6.07) is 0. The maximum Gasteiger partial charge on any atom is 0.306 e. The van der Waals surface area contributed by atoms with Gasteiger partial charge in [-0.2, -0.15) is 0 Å². The molecule has 0 radical (unpaired) electrons. The highest BCUT2D eigenvalue weighted by Gasteiger charge is 2.44. The number of carbonyl (C=O) groups is 3.